The molecule has 10 aromatic carbocycles. The number of anilines is 3. The Morgan fingerprint density at radius 3 is 1.19 bits per heavy atom. The Morgan fingerprint density at radius 1 is 0.358 bits per heavy atom. The van der Waals surface area contributed by atoms with Crippen LogP contribution in [0.4, 0.5) is 62.6 Å². The Balaban J connectivity index is 0.000000153. The minimum atomic E-state index is -2.14. The van der Waals surface area contributed by atoms with Crippen LogP contribution in [-0.2, 0) is 0 Å². The number of nitrogens with zero attached hydrogens (tertiary/aromatic N) is 10. The average molecular weight is 1110 g/mol. The largest absolute Gasteiger partial charge is 0.556 e. The van der Waals surface area contributed by atoms with E-state index in [2.05, 4.69) is 301 Å². The highest BCUT2D eigenvalue weighted by atomic mass is 32.2. The highest BCUT2D eigenvalue weighted by Gasteiger charge is 2.72. The van der Waals surface area contributed by atoms with E-state index in [0.717, 1.165) is 73.0 Å². The normalized spacial score (nSPS) is 17.9. The fourth-order valence-corrected chi connectivity index (χ4v) is 17.4. The third-order valence-electron chi connectivity index (χ3n) is 14.9. The van der Waals surface area contributed by atoms with E-state index in [4.69, 9.17) is 20.5 Å². The van der Waals surface area contributed by atoms with Gasteiger partial charge in [-0.05, 0) is 122 Å². The Labute approximate surface area is 483 Å². The fraction of sp³-hybridized carbons (Fsp3) is 0.147. The maximum Gasteiger partial charge on any atom is 0.556 e. The van der Waals surface area contributed by atoms with Crippen LogP contribution < -0.4 is 9.47 Å². The average Bonchev–Trinajstić information content (AvgIpc) is 2.09. The summed E-state index contributed by atoms with van der Waals surface area (Å²) in [4.78, 5) is 4.72. The predicted octanol–water partition coefficient (Wildman–Crippen LogP) is 20.4. The SMILES string of the molecule is Cc1cc(C)c2c(c1)N=[N+](c1ccccc1)[C@]1(S2)N([Si](C)(C)C)c2cc3ccccc3cc2N=[N+]1c1ccccc1.Cc1ccc2c(c1)N=[N+](c1ccccc1)[C@@]1(Sc3c(C)cc(C)cc3N=[N+]1c1ccccc1)N2c1ccccc1. The van der Waals surface area contributed by atoms with Crippen molar-refractivity contribution in [2.45, 2.75) is 74.3 Å². The molecule has 14 rings (SSSR count). The number of benzene rings is 10. The molecule has 0 saturated carbocycles. The molecule has 0 aromatic heterocycles. The van der Waals surface area contributed by atoms with Crippen LogP contribution in [0.2, 0.25) is 19.6 Å². The Kier molecular flexibility index (Phi) is 13.1. The van der Waals surface area contributed by atoms with E-state index in [0.29, 0.717) is 0 Å². The lowest BCUT2D eigenvalue weighted by atomic mass is 10.1. The van der Waals surface area contributed by atoms with E-state index in [-0.39, 0.29) is 0 Å². The minimum absolute atomic E-state index is 0.824. The molecule has 13 heteroatoms. The standard InChI is InChI=1S/C34H33N5SSi.C34H29N5S/c1-24-20-25(2)33-31(21-24)36-38(29-18-10-7-11-19-29)34(40-33)37(28-16-8-6-9-17-28)35-30-22-26-14-12-13-15-27(26)23-32(30)39(34)41(3,4)5;1-24-19-20-32-30(22-24)35-38(28-15-9-5-10-16-28)34(37(32)27-13-7-4-8-14-27)39(29-17-11-6-12-18-29)36-31-23-25(2)21-26(3)33(31)40-34/h6-23H,1-5H3;4-23H,1-3H3/q2*+2/t2*34-/m00/s1. The molecule has 0 unspecified atom stereocenters. The summed E-state index contributed by atoms with van der Waals surface area (Å²) in [5.41, 5.74) is 17.1. The van der Waals surface area contributed by atoms with E-state index in [1.165, 1.54) is 37.9 Å². The molecule has 0 bridgehead atoms. The summed E-state index contributed by atoms with van der Waals surface area (Å²) in [6.45, 7) is 18.0. The summed E-state index contributed by atoms with van der Waals surface area (Å²) in [7, 11) is -2.14. The summed E-state index contributed by atoms with van der Waals surface area (Å²) in [6.07, 6.45) is 0. The van der Waals surface area contributed by atoms with Gasteiger partial charge in [-0.15, -0.1) is 0 Å². The first-order valence-corrected chi connectivity index (χ1v) is 32.6. The van der Waals surface area contributed by atoms with Gasteiger partial charge in [0.05, 0.1) is 50.4 Å². The van der Waals surface area contributed by atoms with Crippen LogP contribution in [0.15, 0.2) is 261 Å². The summed E-state index contributed by atoms with van der Waals surface area (Å²) in [5.74, 6) is 0. The first kappa shape index (κ1) is 51.8. The smallest absolute Gasteiger partial charge is 0.267 e. The molecule has 0 fully saturated rings. The van der Waals surface area contributed by atoms with Crippen LogP contribution in [0.25, 0.3) is 10.8 Å². The molecule has 4 aliphatic heterocycles. The molecule has 10 nitrogen and oxygen atoms in total. The van der Waals surface area contributed by atoms with E-state index in [1.807, 2.05) is 23.9 Å². The van der Waals surface area contributed by atoms with Crippen molar-refractivity contribution in [1.29, 1.82) is 0 Å². The Morgan fingerprint density at radius 2 is 0.728 bits per heavy atom. The topological polar surface area (TPSA) is 68.0 Å². The second-order valence-electron chi connectivity index (χ2n) is 22.1. The summed E-state index contributed by atoms with van der Waals surface area (Å²) in [6, 6.07) is 81.1. The summed E-state index contributed by atoms with van der Waals surface area (Å²) >= 11 is 3.63. The molecule has 0 radical (unpaired) electrons. The number of aryl methyl sites for hydroxylation is 5. The van der Waals surface area contributed by atoms with E-state index in [1.54, 1.807) is 11.8 Å². The van der Waals surface area contributed by atoms with Gasteiger partial charge in [0.25, 0.3) is 0 Å². The molecule has 4 aliphatic rings. The Bertz CT molecular complexity index is 4230. The van der Waals surface area contributed by atoms with Gasteiger partial charge in [-0.1, -0.05) is 153 Å². The zero-order chi connectivity index (χ0) is 55.6. The number of thioether (sulfide) groups is 2. The Hall–Kier alpha value is -8.62. The maximum absolute atomic E-state index is 5.49. The van der Waals surface area contributed by atoms with Crippen molar-refractivity contribution in [1.82, 2.24) is 0 Å². The van der Waals surface area contributed by atoms with Crippen LogP contribution in [0.1, 0.15) is 27.8 Å². The fourth-order valence-electron chi connectivity index (χ4n) is 11.6. The summed E-state index contributed by atoms with van der Waals surface area (Å²) < 4.78 is 11.4. The minimum Gasteiger partial charge on any atom is -0.267 e. The quantitative estimate of drug-likeness (QED) is 0.123. The maximum atomic E-state index is 5.49. The molecule has 10 aromatic rings. The molecule has 2 atom stereocenters. The van der Waals surface area contributed by atoms with Crippen molar-refractivity contribution in [2.75, 3.05) is 9.47 Å². The van der Waals surface area contributed by atoms with E-state index in [9.17, 15) is 0 Å². The van der Waals surface area contributed by atoms with Crippen LogP contribution in [0.5, 0.6) is 0 Å². The molecule has 2 spiro atoms. The molecular formula is C68H62N10S2Si+4. The van der Waals surface area contributed by atoms with Crippen molar-refractivity contribution in [2.24, 2.45) is 20.5 Å². The van der Waals surface area contributed by atoms with Gasteiger partial charge in [0.1, 0.15) is 11.4 Å². The first-order valence-electron chi connectivity index (χ1n) is 27.5. The van der Waals surface area contributed by atoms with Gasteiger partial charge in [0.2, 0.25) is 22.7 Å². The molecule has 0 aliphatic carbocycles. The van der Waals surface area contributed by atoms with Gasteiger partial charge in [-0.25, -0.2) is 4.90 Å². The lowest BCUT2D eigenvalue weighted by Gasteiger charge is -2.44. The molecule has 396 valence electrons. The molecule has 0 saturated heterocycles. The number of hydrogen-bond acceptors (Lipinski definition) is 8. The third kappa shape index (κ3) is 9.00. The van der Waals surface area contributed by atoms with Crippen molar-refractivity contribution < 1.29 is 18.8 Å². The zero-order valence-corrected chi connectivity index (χ0v) is 49.4. The predicted molar refractivity (Wildman–Crippen MR) is 332 cm³/mol. The number of azo groups is 8. The number of rotatable bonds is 6. The van der Waals surface area contributed by atoms with Crippen molar-refractivity contribution in [3.63, 3.8) is 0 Å². The number of hydrogen-bond donors (Lipinski definition) is 0. The molecule has 0 N–H and O–H groups in total. The lowest BCUT2D eigenvalue weighted by Crippen LogP contribution is -2.68. The second-order valence-corrected chi connectivity index (χ2v) is 29.2. The van der Waals surface area contributed by atoms with Gasteiger partial charge in [0.15, 0.2) is 19.6 Å². The van der Waals surface area contributed by atoms with Crippen LogP contribution >= 0.6 is 23.5 Å². The monoisotopic (exact) mass is 1110 g/mol. The van der Waals surface area contributed by atoms with E-state index >= 15 is 0 Å². The molecule has 81 heavy (non-hydrogen) atoms. The van der Waals surface area contributed by atoms with Gasteiger partial charge in [-0.2, -0.15) is 0 Å². The third-order valence-corrected chi connectivity index (χ3v) is 20.1. The highest BCUT2D eigenvalue weighted by molar-refractivity contribution is 8.01. The van der Waals surface area contributed by atoms with Crippen LogP contribution in [0.3, 0.4) is 0 Å². The van der Waals surface area contributed by atoms with Gasteiger partial charge in [-0.3, -0.25) is 4.57 Å². The highest BCUT2D eigenvalue weighted by Crippen LogP contribution is 2.60. The zero-order valence-electron chi connectivity index (χ0n) is 46.7. The molecule has 4 heterocycles. The second kappa shape index (κ2) is 20.5. The van der Waals surface area contributed by atoms with Crippen molar-refractivity contribution in [3.05, 3.63) is 258 Å². The van der Waals surface area contributed by atoms with E-state index < -0.39 is 18.5 Å². The first-order chi connectivity index (χ1) is 39.3. The molecule has 0 amide bonds. The van der Waals surface area contributed by atoms with Gasteiger partial charge < -0.3 is 0 Å². The van der Waals surface area contributed by atoms with Gasteiger partial charge in [0, 0.05) is 87.8 Å². The van der Waals surface area contributed by atoms with Crippen molar-refractivity contribution >= 4 is 105 Å². The van der Waals surface area contributed by atoms with Crippen LogP contribution in [0, 0.1) is 34.6 Å². The van der Waals surface area contributed by atoms with Crippen LogP contribution in [-0.4, -0.2) is 37.3 Å². The summed E-state index contributed by atoms with van der Waals surface area (Å²) in [5, 5.41) is 22.4. The van der Waals surface area contributed by atoms with Crippen molar-refractivity contribution in [3.8, 4) is 0 Å². The lowest BCUT2D eigenvalue weighted by molar-refractivity contribution is -0.781. The van der Waals surface area contributed by atoms with Gasteiger partial charge >= 0.3 is 10.2 Å². The number of fused-ring (bicyclic) bond motifs is 5. The molecular weight excluding hydrogens is 1050 g/mol. The number of para-hydroxylation sites is 5.